The Labute approximate surface area is 179 Å². The third-order valence-electron chi connectivity index (χ3n) is 5.66. The molecule has 3 aromatic rings. The molecule has 1 aromatic carbocycles. The van der Waals surface area contributed by atoms with Crippen molar-refractivity contribution >= 4 is 39.1 Å². The Kier molecular flexibility index (Phi) is 6.44. The number of fused-ring (bicyclic) bond motifs is 1. The lowest BCUT2D eigenvalue weighted by Crippen LogP contribution is -2.45. The number of benzene rings is 1. The van der Waals surface area contributed by atoms with Crippen molar-refractivity contribution in [2.24, 2.45) is 0 Å². The van der Waals surface area contributed by atoms with Gasteiger partial charge in [0.1, 0.15) is 10.7 Å². The summed E-state index contributed by atoms with van der Waals surface area (Å²) in [5, 5.41) is 4.53. The van der Waals surface area contributed by atoms with Crippen molar-refractivity contribution in [2.75, 3.05) is 0 Å². The molecule has 2 aromatic heterocycles. The Morgan fingerprint density at radius 2 is 1.86 bits per heavy atom. The highest BCUT2D eigenvalue weighted by molar-refractivity contribution is 7.18. The Balaban J connectivity index is 1.75. The molecule has 0 aliphatic rings. The van der Waals surface area contributed by atoms with Crippen LogP contribution in [-0.4, -0.2) is 15.9 Å². The van der Waals surface area contributed by atoms with Crippen LogP contribution in [-0.2, 0) is 16.8 Å². The third-order valence-corrected chi connectivity index (χ3v) is 7.01. The molecule has 0 atom stereocenters. The zero-order chi connectivity index (χ0) is 21.2. The molecule has 0 fully saturated rings. The molecular weight excluding hydrogens is 406 g/mol. The fraction of sp³-hybridized carbons (Fsp3) is 0.409. The molecule has 0 aliphatic heterocycles. The van der Waals surface area contributed by atoms with Crippen molar-refractivity contribution in [3.63, 3.8) is 0 Å². The van der Waals surface area contributed by atoms with Gasteiger partial charge in [0.2, 0.25) is 5.91 Å². The maximum absolute atomic E-state index is 12.7. The summed E-state index contributed by atoms with van der Waals surface area (Å²) in [6.07, 6.45) is 2.18. The van der Waals surface area contributed by atoms with Crippen LogP contribution in [0.3, 0.4) is 0 Å². The second-order valence-corrected chi connectivity index (χ2v) is 8.96. The van der Waals surface area contributed by atoms with Gasteiger partial charge in [-0.2, -0.15) is 0 Å². The van der Waals surface area contributed by atoms with Crippen LogP contribution in [0.15, 0.2) is 29.1 Å². The molecule has 1 amide bonds. The van der Waals surface area contributed by atoms with Crippen molar-refractivity contribution in [1.82, 2.24) is 15.3 Å². The van der Waals surface area contributed by atoms with Crippen LogP contribution >= 0.6 is 22.9 Å². The van der Waals surface area contributed by atoms with Crippen LogP contribution in [0.2, 0.25) is 5.02 Å². The average Bonchev–Trinajstić information content (AvgIpc) is 2.99. The Morgan fingerprint density at radius 1 is 1.21 bits per heavy atom. The molecule has 2 heterocycles. The van der Waals surface area contributed by atoms with Crippen LogP contribution in [0.4, 0.5) is 0 Å². The van der Waals surface area contributed by atoms with Crippen LogP contribution in [0.1, 0.15) is 54.9 Å². The smallest absolute Gasteiger partial charge is 0.259 e. The average molecular weight is 432 g/mol. The minimum Gasteiger partial charge on any atom is -0.347 e. The van der Waals surface area contributed by atoms with Crippen molar-refractivity contribution < 1.29 is 4.79 Å². The lowest BCUT2D eigenvalue weighted by Gasteiger charge is -2.33. The number of carbonyl (C=O) groups is 1. The van der Waals surface area contributed by atoms with E-state index in [4.69, 9.17) is 11.6 Å². The van der Waals surface area contributed by atoms with Gasteiger partial charge in [-0.25, -0.2) is 4.98 Å². The van der Waals surface area contributed by atoms with Crippen molar-refractivity contribution in [3.8, 4) is 0 Å². The van der Waals surface area contributed by atoms with E-state index < -0.39 is 5.54 Å². The van der Waals surface area contributed by atoms with E-state index in [2.05, 4.69) is 29.1 Å². The van der Waals surface area contributed by atoms with Crippen LogP contribution in [0.25, 0.3) is 10.2 Å². The summed E-state index contributed by atoms with van der Waals surface area (Å²) in [6, 6.07) is 7.62. The van der Waals surface area contributed by atoms with Crippen molar-refractivity contribution in [3.05, 3.63) is 61.5 Å². The molecule has 0 saturated heterocycles. The lowest BCUT2D eigenvalue weighted by atomic mass is 9.84. The number of amides is 1. The first-order valence-electron chi connectivity index (χ1n) is 9.85. The zero-order valence-electron chi connectivity index (χ0n) is 17.2. The molecule has 0 saturated carbocycles. The van der Waals surface area contributed by atoms with Gasteiger partial charge in [0.25, 0.3) is 5.56 Å². The van der Waals surface area contributed by atoms with Gasteiger partial charge in [-0.05, 0) is 49.9 Å². The first kappa shape index (κ1) is 21.5. The lowest BCUT2D eigenvalue weighted by molar-refractivity contribution is -0.123. The van der Waals surface area contributed by atoms with E-state index in [0.29, 0.717) is 22.7 Å². The third kappa shape index (κ3) is 4.38. The standard InChI is InChI=1S/C22H26ClN3O2S/c1-5-22(6-2,15-7-9-16(23)10-8-15)26-18(27)12-11-17-24-20(28)19-13(3)14(4)29-21(19)25-17/h7-10H,5-6,11-12H2,1-4H3,(H,26,27)(H,24,25,28). The molecule has 2 N–H and O–H groups in total. The van der Waals surface area contributed by atoms with E-state index in [0.717, 1.165) is 33.7 Å². The second kappa shape index (κ2) is 8.67. The molecule has 3 rings (SSSR count). The largest absolute Gasteiger partial charge is 0.347 e. The second-order valence-electron chi connectivity index (χ2n) is 7.32. The number of thiophene rings is 1. The summed E-state index contributed by atoms with van der Waals surface area (Å²) in [4.78, 5) is 34.4. The topological polar surface area (TPSA) is 74.8 Å². The molecule has 0 spiro atoms. The van der Waals surface area contributed by atoms with Gasteiger partial charge in [0, 0.05) is 22.7 Å². The molecule has 0 bridgehead atoms. The molecule has 0 unspecified atom stereocenters. The Morgan fingerprint density at radius 3 is 2.48 bits per heavy atom. The maximum Gasteiger partial charge on any atom is 0.259 e. The molecule has 0 radical (unpaired) electrons. The maximum atomic E-state index is 12.7. The number of nitrogens with zero attached hydrogens (tertiary/aromatic N) is 1. The number of nitrogens with one attached hydrogen (secondary N) is 2. The van der Waals surface area contributed by atoms with Crippen LogP contribution in [0.5, 0.6) is 0 Å². The summed E-state index contributed by atoms with van der Waals surface area (Å²) in [7, 11) is 0. The van der Waals surface area contributed by atoms with Gasteiger partial charge in [0.05, 0.1) is 10.9 Å². The van der Waals surface area contributed by atoms with Crippen LogP contribution < -0.4 is 10.9 Å². The Hall–Kier alpha value is -2.18. The summed E-state index contributed by atoms with van der Waals surface area (Å²) in [5.41, 5.74) is 1.44. The molecule has 154 valence electrons. The van der Waals surface area contributed by atoms with Gasteiger partial charge < -0.3 is 10.3 Å². The summed E-state index contributed by atoms with van der Waals surface area (Å²) < 4.78 is 0. The van der Waals surface area contributed by atoms with E-state index >= 15 is 0 Å². The van der Waals surface area contributed by atoms with Gasteiger partial charge in [-0.1, -0.05) is 37.6 Å². The van der Waals surface area contributed by atoms with Gasteiger partial charge in [0.15, 0.2) is 0 Å². The number of carbonyl (C=O) groups excluding carboxylic acids is 1. The molecule has 0 aliphatic carbocycles. The number of halogens is 1. The minimum absolute atomic E-state index is 0.0649. The van der Waals surface area contributed by atoms with E-state index in [1.54, 1.807) is 0 Å². The predicted molar refractivity (Wildman–Crippen MR) is 120 cm³/mol. The number of rotatable bonds is 7. The van der Waals surface area contributed by atoms with Crippen LogP contribution in [0, 0.1) is 13.8 Å². The number of hydrogen-bond acceptors (Lipinski definition) is 4. The number of H-pyrrole nitrogens is 1. The number of hydrogen-bond donors (Lipinski definition) is 2. The van der Waals surface area contributed by atoms with E-state index in [1.165, 1.54) is 11.3 Å². The molecule has 29 heavy (non-hydrogen) atoms. The summed E-state index contributed by atoms with van der Waals surface area (Å²) in [6.45, 7) is 8.05. The first-order chi connectivity index (χ1) is 13.8. The van der Waals surface area contributed by atoms with Crippen molar-refractivity contribution in [2.45, 2.75) is 58.9 Å². The first-order valence-corrected chi connectivity index (χ1v) is 11.0. The highest BCUT2D eigenvalue weighted by atomic mass is 35.5. The van der Waals surface area contributed by atoms with Gasteiger partial charge >= 0.3 is 0 Å². The normalized spacial score (nSPS) is 11.8. The summed E-state index contributed by atoms with van der Waals surface area (Å²) in [5.74, 6) is 0.480. The predicted octanol–water partition coefficient (Wildman–Crippen LogP) is 5.02. The minimum atomic E-state index is -0.436. The molecule has 7 heteroatoms. The van der Waals surface area contributed by atoms with Crippen molar-refractivity contribution in [1.29, 1.82) is 0 Å². The number of aryl methyl sites for hydroxylation is 3. The fourth-order valence-corrected chi connectivity index (χ4v) is 4.83. The highest BCUT2D eigenvalue weighted by Crippen LogP contribution is 2.30. The molecule has 5 nitrogen and oxygen atoms in total. The summed E-state index contributed by atoms with van der Waals surface area (Å²) >= 11 is 7.53. The molecular formula is C22H26ClN3O2S. The van der Waals surface area contributed by atoms with E-state index in [9.17, 15) is 9.59 Å². The SMILES string of the molecule is CCC(CC)(NC(=O)CCc1nc2sc(C)c(C)c2c(=O)[nH]1)c1ccc(Cl)cc1. The highest BCUT2D eigenvalue weighted by Gasteiger charge is 2.30. The number of aromatic nitrogens is 2. The number of aromatic amines is 1. The fourth-order valence-electron chi connectivity index (χ4n) is 3.66. The Bertz CT molecular complexity index is 1080. The van der Waals surface area contributed by atoms with Gasteiger partial charge in [-0.15, -0.1) is 11.3 Å². The zero-order valence-corrected chi connectivity index (χ0v) is 18.8. The van der Waals surface area contributed by atoms with Gasteiger partial charge in [-0.3, -0.25) is 9.59 Å². The van der Waals surface area contributed by atoms with E-state index in [1.807, 2.05) is 38.1 Å². The quantitative estimate of drug-likeness (QED) is 0.551. The monoisotopic (exact) mass is 431 g/mol. The van der Waals surface area contributed by atoms with E-state index in [-0.39, 0.29) is 17.9 Å².